The van der Waals surface area contributed by atoms with E-state index in [9.17, 15) is 4.79 Å². The molecule has 1 aliphatic heterocycles. The molecule has 2 heterocycles. The number of hydrogen-bond acceptors (Lipinski definition) is 4. The molecule has 40 heavy (non-hydrogen) atoms. The molecule has 1 N–H and O–H groups in total. The van der Waals surface area contributed by atoms with Gasteiger partial charge in [-0.15, -0.1) is 0 Å². The Labute approximate surface area is 234 Å². The van der Waals surface area contributed by atoms with Crippen molar-refractivity contribution in [3.63, 3.8) is 0 Å². The maximum Gasteiger partial charge on any atom is 0.304 e. The molecule has 0 spiro atoms. The summed E-state index contributed by atoms with van der Waals surface area (Å²) in [7, 11) is 0. The van der Waals surface area contributed by atoms with Gasteiger partial charge in [-0.3, -0.25) is 9.78 Å². The van der Waals surface area contributed by atoms with Crippen LogP contribution < -0.4 is 9.47 Å². The van der Waals surface area contributed by atoms with E-state index in [0.717, 1.165) is 57.5 Å². The second-order valence-corrected chi connectivity index (χ2v) is 10.7. The first-order valence-electron chi connectivity index (χ1n) is 13.6. The van der Waals surface area contributed by atoms with Crippen LogP contribution in [0.4, 0.5) is 4.39 Å². The molecular weight excluding hydrogens is 505 g/mol. The number of benzene rings is 2. The summed E-state index contributed by atoms with van der Waals surface area (Å²) in [5.41, 5.74) is 8.81. The van der Waals surface area contributed by atoms with Crippen molar-refractivity contribution < 1.29 is 23.8 Å². The third-order valence-electron chi connectivity index (χ3n) is 7.67. The molecule has 2 aliphatic rings. The molecule has 5 rings (SSSR count). The molecule has 0 radical (unpaired) electrons. The van der Waals surface area contributed by atoms with Gasteiger partial charge in [0, 0.05) is 34.9 Å². The van der Waals surface area contributed by atoms with Gasteiger partial charge in [-0.05, 0) is 104 Å². The van der Waals surface area contributed by atoms with E-state index in [1.807, 2.05) is 24.4 Å². The molecule has 206 valence electrons. The van der Waals surface area contributed by atoms with Crippen LogP contribution in [0.5, 0.6) is 11.5 Å². The summed E-state index contributed by atoms with van der Waals surface area (Å²) in [5.74, 6) is -0.274. The van der Waals surface area contributed by atoms with Crippen molar-refractivity contribution >= 4 is 11.5 Å². The van der Waals surface area contributed by atoms with Gasteiger partial charge in [0.05, 0.1) is 18.7 Å². The van der Waals surface area contributed by atoms with Gasteiger partial charge >= 0.3 is 5.97 Å². The Bertz CT molecular complexity index is 1510. The largest absolute Gasteiger partial charge is 0.492 e. The molecule has 0 saturated carbocycles. The van der Waals surface area contributed by atoms with Gasteiger partial charge < -0.3 is 14.6 Å². The second-order valence-electron chi connectivity index (χ2n) is 10.7. The third-order valence-corrected chi connectivity index (χ3v) is 7.67. The average Bonchev–Trinajstić information content (AvgIpc) is 3.32. The Morgan fingerprint density at radius 3 is 2.62 bits per heavy atom. The molecular formula is C34H34FNO4. The summed E-state index contributed by atoms with van der Waals surface area (Å²) >= 11 is 0. The summed E-state index contributed by atoms with van der Waals surface area (Å²) in [4.78, 5) is 15.7. The fourth-order valence-electron chi connectivity index (χ4n) is 5.69. The van der Waals surface area contributed by atoms with Gasteiger partial charge in [0.1, 0.15) is 23.4 Å². The first-order chi connectivity index (χ1) is 19.2. The zero-order chi connectivity index (χ0) is 28.4. The van der Waals surface area contributed by atoms with Crippen LogP contribution in [0.1, 0.15) is 59.4 Å². The van der Waals surface area contributed by atoms with E-state index in [1.54, 1.807) is 12.1 Å². The van der Waals surface area contributed by atoms with Crippen LogP contribution in [-0.4, -0.2) is 28.8 Å². The number of nitrogens with zero attached hydrogens (tertiary/aromatic N) is 1. The number of aliphatic carboxylic acids is 1. The van der Waals surface area contributed by atoms with Gasteiger partial charge in [0.2, 0.25) is 0 Å². The molecule has 2 aromatic carbocycles. The maximum absolute atomic E-state index is 15.3. The van der Waals surface area contributed by atoms with Crippen molar-refractivity contribution in [1.29, 1.82) is 0 Å². The zero-order valence-corrected chi connectivity index (χ0v) is 23.2. The quantitative estimate of drug-likeness (QED) is 0.343. The topological polar surface area (TPSA) is 68.7 Å². The Morgan fingerprint density at radius 2 is 1.90 bits per heavy atom. The number of rotatable bonds is 6. The standard InChI is InChI=1S/C34H34FNO4/c1-20-12-13-36-30(14-20)25-15-21(2)34(22(3)16-25)24-6-5-7-31(23(4)29(35)11-8-24)40-27-9-10-28-26(17-33(37)38)19-39-32(28)18-27/h8-16,18,26,31H,4-7,17,19H2,1-3H3,(H,37,38)/b24-8+,29-11+/t26-,31-/m1/s1. The minimum Gasteiger partial charge on any atom is -0.492 e. The van der Waals surface area contributed by atoms with Gasteiger partial charge in [0.25, 0.3) is 0 Å². The number of hydrogen-bond donors (Lipinski definition) is 1. The first kappa shape index (κ1) is 27.4. The van der Waals surface area contributed by atoms with Crippen LogP contribution in [0.3, 0.4) is 0 Å². The molecule has 0 saturated heterocycles. The van der Waals surface area contributed by atoms with Crippen molar-refractivity contribution in [3.05, 3.63) is 107 Å². The lowest BCUT2D eigenvalue weighted by Crippen LogP contribution is -2.19. The number of carboxylic acids is 1. The average molecular weight is 540 g/mol. The monoisotopic (exact) mass is 539 g/mol. The predicted octanol–water partition coefficient (Wildman–Crippen LogP) is 8.05. The van der Waals surface area contributed by atoms with Crippen LogP contribution in [0.15, 0.2) is 78.8 Å². The number of allylic oxidation sites excluding steroid dienone is 3. The van der Waals surface area contributed by atoms with E-state index in [2.05, 4.69) is 50.5 Å². The molecule has 2 atom stereocenters. The zero-order valence-electron chi connectivity index (χ0n) is 23.2. The smallest absolute Gasteiger partial charge is 0.304 e. The summed E-state index contributed by atoms with van der Waals surface area (Å²) in [6.07, 6.45) is 6.84. The van der Waals surface area contributed by atoms with Crippen LogP contribution in [0.25, 0.3) is 16.8 Å². The Kier molecular flexibility index (Phi) is 7.88. The van der Waals surface area contributed by atoms with Crippen molar-refractivity contribution in [2.45, 2.75) is 58.5 Å². The number of pyridine rings is 1. The first-order valence-corrected chi connectivity index (χ1v) is 13.6. The predicted molar refractivity (Wildman–Crippen MR) is 155 cm³/mol. The summed E-state index contributed by atoms with van der Waals surface area (Å²) in [5, 5.41) is 9.15. The van der Waals surface area contributed by atoms with Crippen LogP contribution >= 0.6 is 0 Å². The molecule has 1 aliphatic carbocycles. The summed E-state index contributed by atoms with van der Waals surface area (Å²) < 4.78 is 27.3. The van der Waals surface area contributed by atoms with Crippen molar-refractivity contribution in [1.82, 2.24) is 4.98 Å². The highest BCUT2D eigenvalue weighted by Crippen LogP contribution is 2.39. The van der Waals surface area contributed by atoms with Gasteiger partial charge in [0.15, 0.2) is 0 Å². The maximum atomic E-state index is 15.3. The SMILES string of the molecule is C=C1/C(F)=C\C=C(\c2c(C)cc(-c3cc(C)ccn3)cc2C)CCC[C@H]1Oc1ccc2c(c1)OC[C@H]2CC(=O)O. The number of ether oxygens (including phenoxy) is 2. The summed E-state index contributed by atoms with van der Waals surface area (Å²) in [6.45, 7) is 10.6. The highest BCUT2D eigenvalue weighted by Gasteiger charge is 2.28. The highest BCUT2D eigenvalue weighted by atomic mass is 19.1. The Morgan fingerprint density at radius 1 is 1.12 bits per heavy atom. The lowest BCUT2D eigenvalue weighted by Gasteiger charge is -2.21. The number of aromatic nitrogens is 1. The van der Waals surface area contributed by atoms with Gasteiger partial charge in [-0.2, -0.15) is 0 Å². The van der Waals surface area contributed by atoms with Crippen molar-refractivity contribution in [2.75, 3.05) is 6.61 Å². The molecule has 0 amide bonds. The number of fused-ring (bicyclic) bond motifs is 1. The Hall–Kier alpha value is -4.19. The van der Waals surface area contributed by atoms with E-state index in [1.165, 1.54) is 6.08 Å². The van der Waals surface area contributed by atoms with E-state index in [4.69, 9.17) is 14.6 Å². The van der Waals surface area contributed by atoms with Crippen LogP contribution in [-0.2, 0) is 4.79 Å². The van der Waals surface area contributed by atoms with Crippen molar-refractivity contribution in [3.8, 4) is 22.8 Å². The fraction of sp³-hybridized carbons (Fsp3) is 0.294. The minimum absolute atomic E-state index is 0.0163. The van der Waals surface area contributed by atoms with E-state index in [-0.39, 0.29) is 12.3 Å². The second kappa shape index (κ2) is 11.5. The molecule has 0 unspecified atom stereocenters. The minimum atomic E-state index is -0.858. The summed E-state index contributed by atoms with van der Waals surface area (Å²) in [6, 6.07) is 13.8. The molecule has 6 heteroatoms. The normalized spacial score (nSPS) is 21.6. The van der Waals surface area contributed by atoms with Gasteiger partial charge in [-0.1, -0.05) is 18.7 Å². The van der Waals surface area contributed by atoms with E-state index in [0.29, 0.717) is 30.1 Å². The van der Waals surface area contributed by atoms with Crippen LogP contribution in [0.2, 0.25) is 0 Å². The van der Waals surface area contributed by atoms with E-state index >= 15 is 4.39 Å². The highest BCUT2D eigenvalue weighted by molar-refractivity contribution is 5.76. The molecule has 0 bridgehead atoms. The number of carboxylic acid groups (broad SMARTS) is 1. The molecule has 0 fully saturated rings. The lowest BCUT2D eigenvalue weighted by atomic mass is 9.89. The van der Waals surface area contributed by atoms with Gasteiger partial charge in [-0.25, -0.2) is 4.39 Å². The lowest BCUT2D eigenvalue weighted by molar-refractivity contribution is -0.137. The molecule has 3 aromatic rings. The number of halogens is 1. The number of carbonyl (C=O) groups is 1. The molecule has 1 aromatic heterocycles. The third kappa shape index (κ3) is 5.86. The fourth-order valence-corrected chi connectivity index (χ4v) is 5.69. The number of aryl methyl sites for hydroxylation is 3. The van der Waals surface area contributed by atoms with E-state index < -0.39 is 17.9 Å². The van der Waals surface area contributed by atoms with Crippen molar-refractivity contribution in [2.24, 2.45) is 0 Å². The molecule has 5 nitrogen and oxygen atoms in total. The Balaban J connectivity index is 1.33. The van der Waals surface area contributed by atoms with Crippen LogP contribution in [0, 0.1) is 20.8 Å².